The predicted molar refractivity (Wildman–Crippen MR) is 93.9 cm³/mol. The van der Waals surface area contributed by atoms with Crippen molar-refractivity contribution in [3.63, 3.8) is 0 Å². The molecule has 2 saturated carbocycles. The number of aliphatic hydroxyl groups is 1. The van der Waals surface area contributed by atoms with Crippen LogP contribution < -0.4 is 5.32 Å². The average Bonchev–Trinajstić information content (AvgIpc) is 3.10. The van der Waals surface area contributed by atoms with E-state index in [9.17, 15) is 9.90 Å². The van der Waals surface area contributed by atoms with E-state index in [-0.39, 0.29) is 24.3 Å². The molecule has 0 aromatic heterocycles. The van der Waals surface area contributed by atoms with Crippen LogP contribution in [0.2, 0.25) is 0 Å². The molecule has 3 fully saturated rings. The van der Waals surface area contributed by atoms with Gasteiger partial charge in [-0.25, -0.2) is 4.79 Å². The third kappa shape index (κ3) is 4.63. The minimum atomic E-state index is -0.266. The van der Waals surface area contributed by atoms with Crippen LogP contribution in [0.3, 0.4) is 0 Å². The molecule has 5 nitrogen and oxygen atoms in total. The van der Waals surface area contributed by atoms with Crippen molar-refractivity contribution in [3.8, 4) is 0 Å². The van der Waals surface area contributed by atoms with E-state index in [1.807, 2.05) is 11.8 Å². The van der Waals surface area contributed by atoms with E-state index in [1.165, 1.54) is 38.5 Å². The lowest BCUT2D eigenvalue weighted by Crippen LogP contribution is -2.53. The number of nitrogens with zero attached hydrogens (tertiary/aromatic N) is 1. The molecule has 2 amide bonds. The number of nitrogens with one attached hydrogen (secondary N) is 1. The Labute approximate surface area is 146 Å². The Morgan fingerprint density at radius 1 is 1.04 bits per heavy atom. The first-order valence-electron chi connectivity index (χ1n) is 10.0. The smallest absolute Gasteiger partial charge is 0.317 e. The molecule has 24 heavy (non-hydrogen) atoms. The van der Waals surface area contributed by atoms with Crippen molar-refractivity contribution in [2.24, 2.45) is 5.92 Å². The van der Waals surface area contributed by atoms with Gasteiger partial charge in [0.15, 0.2) is 0 Å². The molecule has 3 atom stereocenters. The van der Waals surface area contributed by atoms with Crippen LogP contribution in [0.4, 0.5) is 4.79 Å². The minimum absolute atomic E-state index is 0.0611. The molecule has 2 aliphatic carbocycles. The highest BCUT2D eigenvalue weighted by atomic mass is 16.5. The number of ether oxygens (including phenoxy) is 1. The largest absolute Gasteiger partial charge is 0.393 e. The second-order valence-electron chi connectivity index (χ2n) is 7.99. The van der Waals surface area contributed by atoms with Gasteiger partial charge in [-0.3, -0.25) is 0 Å². The Morgan fingerprint density at radius 2 is 1.67 bits per heavy atom. The molecule has 0 radical (unpaired) electrons. The van der Waals surface area contributed by atoms with Crippen molar-refractivity contribution >= 4 is 6.03 Å². The maximum Gasteiger partial charge on any atom is 0.317 e. The fraction of sp³-hybridized carbons (Fsp3) is 0.947. The molecule has 0 aromatic carbocycles. The summed E-state index contributed by atoms with van der Waals surface area (Å²) in [7, 11) is 0. The summed E-state index contributed by atoms with van der Waals surface area (Å²) in [4.78, 5) is 14.5. The zero-order valence-corrected chi connectivity index (χ0v) is 15.1. The summed E-state index contributed by atoms with van der Waals surface area (Å²) in [6.45, 7) is 3.36. The summed E-state index contributed by atoms with van der Waals surface area (Å²) in [5.41, 5.74) is 0. The van der Waals surface area contributed by atoms with Gasteiger partial charge in [0, 0.05) is 13.1 Å². The second kappa shape index (κ2) is 8.52. The molecule has 0 bridgehead atoms. The number of piperidine rings is 1. The summed E-state index contributed by atoms with van der Waals surface area (Å²) in [6, 6.07) is 0.229. The molecular weight excluding hydrogens is 304 g/mol. The number of carbonyl (C=O) groups excluding carboxylic acids is 1. The minimum Gasteiger partial charge on any atom is -0.393 e. The predicted octanol–water partition coefficient (Wildman–Crippen LogP) is 3.06. The molecule has 3 aliphatic rings. The topological polar surface area (TPSA) is 61.8 Å². The standard InChI is InChI=1S/C19H34N2O3/c1-14(22)15-10-12-21(13-11-15)19(23)20-17-8-4-5-9-18(17)24-16-6-2-3-7-16/h14-18,22H,2-13H2,1H3,(H,20,23). The van der Waals surface area contributed by atoms with E-state index in [1.54, 1.807) is 0 Å². The highest BCUT2D eigenvalue weighted by Gasteiger charge is 2.32. The Kier molecular flexibility index (Phi) is 6.39. The van der Waals surface area contributed by atoms with Gasteiger partial charge in [0.2, 0.25) is 0 Å². The van der Waals surface area contributed by atoms with Gasteiger partial charge >= 0.3 is 6.03 Å². The van der Waals surface area contributed by atoms with Crippen molar-refractivity contribution in [2.45, 2.75) is 95.5 Å². The van der Waals surface area contributed by atoms with Gasteiger partial charge < -0.3 is 20.1 Å². The fourth-order valence-electron chi connectivity index (χ4n) is 4.53. The van der Waals surface area contributed by atoms with Crippen LogP contribution in [0.15, 0.2) is 0 Å². The maximum absolute atomic E-state index is 12.6. The highest BCUT2D eigenvalue weighted by molar-refractivity contribution is 5.74. The number of rotatable bonds is 4. The van der Waals surface area contributed by atoms with Crippen molar-refractivity contribution < 1.29 is 14.6 Å². The van der Waals surface area contributed by atoms with Gasteiger partial charge in [-0.2, -0.15) is 0 Å². The normalized spacial score (nSPS) is 31.2. The molecule has 1 saturated heterocycles. The van der Waals surface area contributed by atoms with E-state index in [2.05, 4.69) is 5.32 Å². The summed E-state index contributed by atoms with van der Waals surface area (Å²) in [6.07, 6.45) is 11.6. The highest BCUT2D eigenvalue weighted by Crippen LogP contribution is 2.28. The summed E-state index contributed by atoms with van der Waals surface area (Å²) in [5.74, 6) is 0.335. The van der Waals surface area contributed by atoms with Crippen molar-refractivity contribution in [3.05, 3.63) is 0 Å². The third-order valence-electron chi connectivity index (χ3n) is 6.19. The number of carbonyl (C=O) groups is 1. The van der Waals surface area contributed by atoms with Crippen LogP contribution in [-0.2, 0) is 4.74 Å². The van der Waals surface area contributed by atoms with E-state index in [0.717, 1.165) is 38.8 Å². The van der Waals surface area contributed by atoms with Gasteiger partial charge in [-0.1, -0.05) is 25.7 Å². The van der Waals surface area contributed by atoms with E-state index in [0.29, 0.717) is 12.0 Å². The quantitative estimate of drug-likeness (QED) is 0.828. The number of urea groups is 1. The first-order valence-corrected chi connectivity index (χ1v) is 10.0. The van der Waals surface area contributed by atoms with Crippen LogP contribution in [0.5, 0.6) is 0 Å². The molecule has 3 rings (SSSR count). The van der Waals surface area contributed by atoms with Crippen molar-refractivity contribution in [1.29, 1.82) is 0 Å². The molecule has 5 heteroatoms. The molecule has 0 spiro atoms. The maximum atomic E-state index is 12.6. The Balaban J connectivity index is 1.48. The lowest BCUT2D eigenvalue weighted by Gasteiger charge is -2.37. The van der Waals surface area contributed by atoms with E-state index < -0.39 is 0 Å². The first-order chi connectivity index (χ1) is 11.6. The van der Waals surface area contributed by atoms with Gasteiger partial charge in [-0.15, -0.1) is 0 Å². The molecule has 138 valence electrons. The van der Waals surface area contributed by atoms with Crippen LogP contribution in [0.25, 0.3) is 0 Å². The van der Waals surface area contributed by atoms with Crippen molar-refractivity contribution in [2.75, 3.05) is 13.1 Å². The van der Waals surface area contributed by atoms with Gasteiger partial charge in [0.05, 0.1) is 24.4 Å². The van der Waals surface area contributed by atoms with Crippen molar-refractivity contribution in [1.82, 2.24) is 10.2 Å². The Morgan fingerprint density at radius 3 is 2.33 bits per heavy atom. The number of amides is 2. The lowest BCUT2D eigenvalue weighted by atomic mass is 9.91. The average molecular weight is 338 g/mol. The van der Waals surface area contributed by atoms with Crippen LogP contribution in [0, 0.1) is 5.92 Å². The third-order valence-corrected chi connectivity index (χ3v) is 6.19. The van der Waals surface area contributed by atoms with Gasteiger partial charge in [-0.05, 0) is 51.4 Å². The van der Waals surface area contributed by atoms with Crippen LogP contribution >= 0.6 is 0 Å². The van der Waals surface area contributed by atoms with E-state index >= 15 is 0 Å². The number of likely N-dealkylation sites (tertiary alicyclic amines) is 1. The first kappa shape index (κ1) is 18.0. The summed E-state index contributed by atoms with van der Waals surface area (Å²) < 4.78 is 6.34. The monoisotopic (exact) mass is 338 g/mol. The van der Waals surface area contributed by atoms with Crippen LogP contribution in [-0.4, -0.2) is 53.5 Å². The molecule has 0 aromatic rings. The SMILES string of the molecule is CC(O)C1CCN(C(=O)NC2CCCCC2OC2CCCC2)CC1. The molecule has 1 aliphatic heterocycles. The summed E-state index contributed by atoms with van der Waals surface area (Å²) in [5, 5.41) is 13.0. The number of hydrogen-bond acceptors (Lipinski definition) is 3. The Hall–Kier alpha value is -0.810. The lowest BCUT2D eigenvalue weighted by molar-refractivity contribution is -0.0419. The molecule has 3 unspecified atom stereocenters. The van der Waals surface area contributed by atoms with Gasteiger partial charge in [0.1, 0.15) is 0 Å². The Bertz CT molecular complexity index is 401. The molecule has 1 heterocycles. The second-order valence-corrected chi connectivity index (χ2v) is 7.99. The van der Waals surface area contributed by atoms with E-state index in [4.69, 9.17) is 4.74 Å². The zero-order chi connectivity index (χ0) is 16.9. The summed E-state index contributed by atoms with van der Waals surface area (Å²) >= 11 is 0. The molecule has 2 N–H and O–H groups in total. The number of aliphatic hydroxyl groups excluding tert-OH is 1. The van der Waals surface area contributed by atoms with Crippen LogP contribution in [0.1, 0.15) is 71.1 Å². The number of hydrogen-bond donors (Lipinski definition) is 2. The van der Waals surface area contributed by atoms with Gasteiger partial charge in [0.25, 0.3) is 0 Å². The zero-order valence-electron chi connectivity index (χ0n) is 15.1. The molecular formula is C19H34N2O3. The fourth-order valence-corrected chi connectivity index (χ4v) is 4.53.